The number of amides is 1. The topological polar surface area (TPSA) is 81.5 Å². The van der Waals surface area contributed by atoms with E-state index in [2.05, 4.69) is 5.32 Å². The normalized spacial score (nSPS) is 11.0. The Balaban J connectivity index is 2.23. The Bertz CT molecular complexity index is 806. The summed E-state index contributed by atoms with van der Waals surface area (Å²) >= 11 is 0. The summed E-state index contributed by atoms with van der Waals surface area (Å²) in [5.74, 6) is -0.650. The first kappa shape index (κ1) is 18.2. The van der Waals surface area contributed by atoms with Crippen LogP contribution < -0.4 is 10.1 Å². The van der Waals surface area contributed by atoms with Crippen LogP contribution in [0.2, 0.25) is 0 Å². The van der Waals surface area contributed by atoms with E-state index in [0.29, 0.717) is 0 Å². The molecule has 2 rings (SSSR count). The summed E-state index contributed by atoms with van der Waals surface area (Å²) in [6.45, 7) is -0.288. The highest BCUT2D eigenvalue weighted by molar-refractivity contribution is 5.94. The molecule has 0 unspecified atom stereocenters. The number of carbonyl (C=O) groups excluding carboxylic acids is 1. The van der Waals surface area contributed by atoms with Crippen LogP contribution in [0.3, 0.4) is 0 Å². The number of nitro benzene ring substituents is 1. The van der Waals surface area contributed by atoms with Crippen molar-refractivity contribution in [2.24, 2.45) is 0 Å². The third kappa shape index (κ3) is 4.46. The van der Waals surface area contributed by atoms with Crippen molar-refractivity contribution in [1.29, 1.82) is 0 Å². The number of benzene rings is 2. The summed E-state index contributed by atoms with van der Waals surface area (Å²) < 4.78 is 43.3. The minimum Gasteiger partial charge on any atom is -0.482 e. The van der Waals surface area contributed by atoms with Gasteiger partial charge in [-0.15, -0.1) is 0 Å². The molecule has 25 heavy (non-hydrogen) atoms. The first-order valence-corrected chi connectivity index (χ1v) is 7.02. The van der Waals surface area contributed by atoms with Gasteiger partial charge in [-0.25, -0.2) is 0 Å². The van der Waals surface area contributed by atoms with E-state index in [1.807, 2.05) is 0 Å². The van der Waals surface area contributed by atoms with Gasteiger partial charge in [0.05, 0.1) is 10.5 Å². The van der Waals surface area contributed by atoms with Crippen LogP contribution in [0, 0.1) is 10.1 Å². The van der Waals surface area contributed by atoms with Crippen molar-refractivity contribution in [2.45, 2.75) is 12.8 Å². The van der Waals surface area contributed by atoms with Gasteiger partial charge in [-0.05, 0) is 29.8 Å². The molecule has 0 atom stereocenters. The van der Waals surface area contributed by atoms with Crippen molar-refractivity contribution in [2.75, 3.05) is 7.05 Å². The lowest BCUT2D eigenvalue weighted by atomic mass is 10.1. The average molecular weight is 354 g/mol. The zero-order chi connectivity index (χ0) is 18.6. The van der Waals surface area contributed by atoms with Crippen molar-refractivity contribution >= 4 is 11.6 Å². The molecule has 132 valence electrons. The number of ether oxygens (including phenoxy) is 1. The summed E-state index contributed by atoms with van der Waals surface area (Å²) in [4.78, 5) is 21.9. The van der Waals surface area contributed by atoms with E-state index in [1.54, 1.807) is 0 Å². The number of nitrogens with one attached hydrogen (secondary N) is 1. The number of hydrogen-bond donors (Lipinski definition) is 1. The molecule has 0 radical (unpaired) electrons. The largest absolute Gasteiger partial charge is 0.482 e. The minimum atomic E-state index is -4.49. The minimum absolute atomic E-state index is 0.0700. The highest BCUT2D eigenvalue weighted by atomic mass is 19.4. The van der Waals surface area contributed by atoms with Crippen LogP contribution in [0.1, 0.15) is 21.5 Å². The predicted molar refractivity (Wildman–Crippen MR) is 82.3 cm³/mol. The van der Waals surface area contributed by atoms with Crippen LogP contribution >= 0.6 is 0 Å². The van der Waals surface area contributed by atoms with Crippen molar-refractivity contribution in [1.82, 2.24) is 5.32 Å². The zero-order valence-corrected chi connectivity index (χ0v) is 13.0. The fourth-order valence-electron chi connectivity index (χ4n) is 2.07. The maximum atomic E-state index is 12.7. The van der Waals surface area contributed by atoms with Crippen LogP contribution in [-0.4, -0.2) is 17.9 Å². The third-order valence-electron chi connectivity index (χ3n) is 3.29. The number of nitro groups is 1. The molecular weight excluding hydrogens is 341 g/mol. The number of hydrogen-bond acceptors (Lipinski definition) is 4. The van der Waals surface area contributed by atoms with E-state index in [9.17, 15) is 28.1 Å². The lowest BCUT2D eigenvalue weighted by Gasteiger charge is -2.10. The zero-order valence-electron chi connectivity index (χ0n) is 13.0. The first-order valence-electron chi connectivity index (χ1n) is 7.02. The molecule has 1 N–H and O–H groups in total. The Labute approximate surface area is 140 Å². The van der Waals surface area contributed by atoms with Gasteiger partial charge in [0.25, 0.3) is 5.91 Å². The molecule has 9 heteroatoms. The van der Waals surface area contributed by atoms with E-state index >= 15 is 0 Å². The van der Waals surface area contributed by atoms with Crippen molar-refractivity contribution in [3.8, 4) is 5.75 Å². The van der Waals surface area contributed by atoms with Crippen LogP contribution in [0.5, 0.6) is 5.75 Å². The summed E-state index contributed by atoms with van der Waals surface area (Å²) in [7, 11) is 1.38. The smallest absolute Gasteiger partial charge is 0.416 e. The fraction of sp³-hybridized carbons (Fsp3) is 0.188. The number of halogens is 3. The molecule has 2 aromatic carbocycles. The van der Waals surface area contributed by atoms with E-state index < -0.39 is 28.3 Å². The fourth-order valence-corrected chi connectivity index (χ4v) is 2.07. The van der Waals surface area contributed by atoms with Gasteiger partial charge in [0.2, 0.25) is 0 Å². The Morgan fingerprint density at radius 2 is 1.96 bits per heavy atom. The first-order chi connectivity index (χ1) is 11.7. The van der Waals surface area contributed by atoms with Crippen LogP contribution in [0.25, 0.3) is 0 Å². The summed E-state index contributed by atoms with van der Waals surface area (Å²) in [6.07, 6.45) is -4.49. The van der Waals surface area contributed by atoms with Gasteiger partial charge in [0.1, 0.15) is 6.61 Å². The van der Waals surface area contributed by atoms with Gasteiger partial charge in [-0.2, -0.15) is 13.2 Å². The third-order valence-corrected chi connectivity index (χ3v) is 3.29. The molecule has 0 aliphatic heterocycles. The van der Waals surface area contributed by atoms with E-state index in [1.165, 1.54) is 31.3 Å². The maximum Gasteiger partial charge on any atom is 0.416 e. The Morgan fingerprint density at radius 1 is 1.24 bits per heavy atom. The van der Waals surface area contributed by atoms with E-state index in [-0.39, 0.29) is 23.5 Å². The molecular formula is C16H13F3N2O4. The highest BCUT2D eigenvalue weighted by Crippen LogP contribution is 2.31. The Morgan fingerprint density at radius 3 is 2.56 bits per heavy atom. The Hall–Kier alpha value is -3.10. The molecule has 1 amide bonds. The SMILES string of the molecule is CNC(=O)c1ccc(OCc2cccc(C(F)(F)F)c2)c([N+](=O)[O-])c1. The van der Waals surface area contributed by atoms with Crippen LogP contribution in [0.4, 0.5) is 18.9 Å². The van der Waals surface area contributed by atoms with Crippen molar-refractivity contribution in [3.63, 3.8) is 0 Å². The number of nitrogens with zero attached hydrogens (tertiary/aromatic N) is 1. The lowest BCUT2D eigenvalue weighted by molar-refractivity contribution is -0.386. The van der Waals surface area contributed by atoms with E-state index in [0.717, 1.165) is 18.2 Å². The molecule has 0 bridgehead atoms. The van der Waals surface area contributed by atoms with Gasteiger partial charge in [0, 0.05) is 18.7 Å². The average Bonchev–Trinajstić information content (AvgIpc) is 2.58. The second kappa shape index (κ2) is 7.20. The molecule has 6 nitrogen and oxygen atoms in total. The second-order valence-corrected chi connectivity index (χ2v) is 5.01. The molecule has 0 saturated heterocycles. The molecule has 0 aliphatic rings. The quantitative estimate of drug-likeness (QED) is 0.658. The molecule has 2 aromatic rings. The molecule has 0 aliphatic carbocycles. The van der Waals surface area contributed by atoms with Crippen molar-refractivity contribution in [3.05, 3.63) is 69.3 Å². The van der Waals surface area contributed by atoms with Gasteiger partial charge < -0.3 is 10.1 Å². The van der Waals surface area contributed by atoms with Crippen molar-refractivity contribution < 1.29 is 27.6 Å². The monoisotopic (exact) mass is 354 g/mol. The number of carbonyl (C=O) groups is 1. The summed E-state index contributed by atoms with van der Waals surface area (Å²) in [6, 6.07) is 8.07. The predicted octanol–water partition coefficient (Wildman–Crippen LogP) is 3.55. The molecule has 0 spiro atoms. The number of rotatable bonds is 5. The maximum absolute atomic E-state index is 12.7. The molecule has 0 saturated carbocycles. The second-order valence-electron chi connectivity index (χ2n) is 5.01. The molecule has 0 aromatic heterocycles. The summed E-state index contributed by atoms with van der Waals surface area (Å²) in [5, 5.41) is 13.5. The van der Waals surface area contributed by atoms with Crippen LogP contribution in [0.15, 0.2) is 42.5 Å². The lowest BCUT2D eigenvalue weighted by Crippen LogP contribution is -2.17. The molecule has 0 fully saturated rings. The molecule has 0 heterocycles. The Kier molecular flexibility index (Phi) is 5.26. The van der Waals surface area contributed by atoms with E-state index in [4.69, 9.17) is 4.74 Å². The van der Waals surface area contributed by atoms with Gasteiger partial charge in [-0.1, -0.05) is 12.1 Å². The summed E-state index contributed by atoms with van der Waals surface area (Å²) in [5.41, 5.74) is -1.01. The standard InChI is InChI=1S/C16H13F3N2O4/c1-20-15(22)11-5-6-14(13(8-11)21(23)24)25-9-10-3-2-4-12(7-10)16(17,18)19/h2-8H,9H2,1H3,(H,20,22). The number of alkyl halides is 3. The van der Waals surface area contributed by atoms with Crippen LogP contribution in [-0.2, 0) is 12.8 Å². The van der Waals surface area contributed by atoms with Gasteiger partial charge in [0.15, 0.2) is 5.75 Å². The van der Waals surface area contributed by atoms with Gasteiger partial charge >= 0.3 is 11.9 Å². The van der Waals surface area contributed by atoms with Gasteiger partial charge in [-0.3, -0.25) is 14.9 Å². The highest BCUT2D eigenvalue weighted by Gasteiger charge is 2.30.